The maximum atomic E-state index is 12.7. The Hall–Kier alpha value is -3.11. The van der Waals surface area contributed by atoms with Gasteiger partial charge in [-0.1, -0.05) is 5.16 Å². The van der Waals surface area contributed by atoms with Crippen LogP contribution in [0.15, 0.2) is 58.2 Å². The fourth-order valence-electron chi connectivity index (χ4n) is 2.87. The van der Waals surface area contributed by atoms with Crippen LogP contribution >= 0.6 is 0 Å². The number of nitrogens with one attached hydrogen (secondary N) is 1. The Labute approximate surface area is 161 Å². The Balaban J connectivity index is 1.43. The molecular weight excluding hydrogens is 382 g/mol. The topological polar surface area (TPSA) is 118 Å². The second-order valence-corrected chi connectivity index (χ2v) is 8.35. The number of anilines is 1. The number of aromatic nitrogens is 3. The second kappa shape index (κ2) is 7.13. The van der Waals surface area contributed by atoms with Crippen LogP contribution in [0.3, 0.4) is 0 Å². The molecule has 0 saturated carbocycles. The SMILES string of the molecule is CC(=O)Nc1ccc(S(=O)(=O)N2CC(c3nc(-c4ccncc4)no3)C2)cc1. The van der Waals surface area contributed by atoms with Crippen molar-refractivity contribution in [1.82, 2.24) is 19.4 Å². The number of nitrogens with zero attached hydrogens (tertiary/aromatic N) is 4. The van der Waals surface area contributed by atoms with Gasteiger partial charge in [-0.25, -0.2) is 8.42 Å². The molecule has 10 heteroatoms. The fourth-order valence-corrected chi connectivity index (χ4v) is 4.40. The van der Waals surface area contributed by atoms with E-state index in [9.17, 15) is 13.2 Å². The van der Waals surface area contributed by atoms with E-state index in [0.717, 1.165) is 5.56 Å². The Kier molecular flexibility index (Phi) is 4.65. The molecule has 0 radical (unpaired) electrons. The highest BCUT2D eigenvalue weighted by Gasteiger charge is 2.40. The van der Waals surface area contributed by atoms with Crippen LogP contribution in [-0.4, -0.2) is 46.8 Å². The third kappa shape index (κ3) is 3.51. The lowest BCUT2D eigenvalue weighted by atomic mass is 10.0. The first-order chi connectivity index (χ1) is 13.4. The molecule has 0 aliphatic carbocycles. The van der Waals surface area contributed by atoms with Gasteiger partial charge in [0.15, 0.2) is 0 Å². The quantitative estimate of drug-likeness (QED) is 0.696. The van der Waals surface area contributed by atoms with Gasteiger partial charge in [-0.2, -0.15) is 9.29 Å². The van der Waals surface area contributed by atoms with Gasteiger partial charge in [0.25, 0.3) is 0 Å². The Bertz CT molecular complexity index is 1090. The molecule has 2 aromatic heterocycles. The summed E-state index contributed by atoms with van der Waals surface area (Å²) in [6, 6.07) is 9.62. The van der Waals surface area contributed by atoms with E-state index < -0.39 is 10.0 Å². The molecule has 1 aliphatic rings. The molecule has 1 aromatic carbocycles. The summed E-state index contributed by atoms with van der Waals surface area (Å²) in [5.41, 5.74) is 1.33. The van der Waals surface area contributed by atoms with E-state index in [0.29, 0.717) is 17.4 Å². The van der Waals surface area contributed by atoms with E-state index in [1.807, 2.05) is 0 Å². The molecule has 3 heterocycles. The summed E-state index contributed by atoms with van der Waals surface area (Å²) in [5, 5.41) is 6.56. The van der Waals surface area contributed by atoms with Gasteiger partial charge in [0.1, 0.15) is 0 Å². The lowest BCUT2D eigenvalue weighted by molar-refractivity contribution is -0.114. The summed E-state index contributed by atoms with van der Waals surface area (Å²) in [6.07, 6.45) is 3.28. The standard InChI is InChI=1S/C18H17N5O4S/c1-12(24)20-15-2-4-16(5-3-15)28(25,26)23-10-14(11-23)18-21-17(22-27-18)13-6-8-19-9-7-13/h2-9,14H,10-11H2,1H3,(H,20,24). The third-order valence-electron chi connectivity index (χ3n) is 4.39. The molecule has 1 aliphatic heterocycles. The van der Waals surface area contributed by atoms with Crippen molar-refractivity contribution in [1.29, 1.82) is 0 Å². The Morgan fingerprint density at radius 1 is 1.14 bits per heavy atom. The van der Waals surface area contributed by atoms with Crippen molar-refractivity contribution in [3.8, 4) is 11.4 Å². The van der Waals surface area contributed by atoms with Crippen LogP contribution < -0.4 is 5.32 Å². The number of sulfonamides is 1. The van der Waals surface area contributed by atoms with Crippen molar-refractivity contribution < 1.29 is 17.7 Å². The van der Waals surface area contributed by atoms with Crippen molar-refractivity contribution in [3.63, 3.8) is 0 Å². The predicted octanol–water partition coefficient (Wildman–Crippen LogP) is 1.88. The van der Waals surface area contributed by atoms with Gasteiger partial charge in [-0.05, 0) is 36.4 Å². The minimum atomic E-state index is -3.61. The van der Waals surface area contributed by atoms with Crippen LogP contribution in [0.4, 0.5) is 5.69 Å². The van der Waals surface area contributed by atoms with Crippen molar-refractivity contribution in [2.75, 3.05) is 18.4 Å². The maximum absolute atomic E-state index is 12.7. The summed E-state index contributed by atoms with van der Waals surface area (Å²) in [7, 11) is -3.61. The molecule has 4 rings (SSSR count). The molecule has 3 aromatic rings. The zero-order valence-corrected chi connectivity index (χ0v) is 15.8. The molecule has 0 spiro atoms. The molecule has 1 saturated heterocycles. The molecule has 0 unspecified atom stereocenters. The van der Waals surface area contributed by atoms with E-state index in [1.165, 1.54) is 23.4 Å². The van der Waals surface area contributed by atoms with Crippen LogP contribution in [0.1, 0.15) is 18.7 Å². The molecule has 0 atom stereocenters. The van der Waals surface area contributed by atoms with Crippen molar-refractivity contribution in [3.05, 3.63) is 54.7 Å². The Morgan fingerprint density at radius 3 is 2.46 bits per heavy atom. The predicted molar refractivity (Wildman–Crippen MR) is 99.8 cm³/mol. The minimum absolute atomic E-state index is 0.142. The summed E-state index contributed by atoms with van der Waals surface area (Å²) >= 11 is 0. The number of rotatable bonds is 5. The van der Waals surface area contributed by atoms with Crippen LogP contribution in [-0.2, 0) is 14.8 Å². The van der Waals surface area contributed by atoms with E-state index in [4.69, 9.17) is 4.52 Å². The lowest BCUT2D eigenvalue weighted by Gasteiger charge is -2.35. The monoisotopic (exact) mass is 399 g/mol. The van der Waals surface area contributed by atoms with E-state index in [-0.39, 0.29) is 29.8 Å². The van der Waals surface area contributed by atoms with Gasteiger partial charge in [-0.15, -0.1) is 0 Å². The first-order valence-corrected chi connectivity index (χ1v) is 9.99. The van der Waals surface area contributed by atoms with Gasteiger partial charge in [0.05, 0.1) is 10.8 Å². The molecule has 1 amide bonds. The van der Waals surface area contributed by atoms with Crippen LogP contribution in [0, 0.1) is 0 Å². The average Bonchev–Trinajstić information content (AvgIpc) is 3.10. The number of benzene rings is 1. The number of carbonyl (C=O) groups is 1. The Morgan fingerprint density at radius 2 is 1.82 bits per heavy atom. The number of carbonyl (C=O) groups excluding carboxylic acids is 1. The molecule has 28 heavy (non-hydrogen) atoms. The van der Waals surface area contributed by atoms with Crippen molar-refractivity contribution >= 4 is 21.6 Å². The molecule has 144 valence electrons. The highest BCUT2D eigenvalue weighted by molar-refractivity contribution is 7.89. The molecular formula is C18H17N5O4S. The fraction of sp³-hybridized carbons (Fsp3) is 0.222. The van der Waals surface area contributed by atoms with Gasteiger partial charge in [0.2, 0.25) is 27.6 Å². The smallest absolute Gasteiger partial charge is 0.243 e. The van der Waals surface area contributed by atoms with Crippen LogP contribution in [0.25, 0.3) is 11.4 Å². The molecule has 1 fully saturated rings. The van der Waals surface area contributed by atoms with E-state index >= 15 is 0 Å². The van der Waals surface area contributed by atoms with E-state index in [2.05, 4.69) is 20.4 Å². The van der Waals surface area contributed by atoms with Gasteiger partial charge < -0.3 is 9.84 Å². The molecule has 1 N–H and O–H groups in total. The van der Waals surface area contributed by atoms with Gasteiger partial charge >= 0.3 is 0 Å². The first kappa shape index (κ1) is 18.3. The lowest BCUT2D eigenvalue weighted by Crippen LogP contribution is -2.48. The average molecular weight is 399 g/mol. The third-order valence-corrected chi connectivity index (χ3v) is 6.24. The highest BCUT2D eigenvalue weighted by Crippen LogP contribution is 2.32. The van der Waals surface area contributed by atoms with Gasteiger partial charge in [-0.3, -0.25) is 9.78 Å². The number of pyridine rings is 1. The zero-order chi connectivity index (χ0) is 19.7. The van der Waals surface area contributed by atoms with Gasteiger partial charge in [0, 0.05) is 43.7 Å². The second-order valence-electron chi connectivity index (χ2n) is 6.42. The van der Waals surface area contributed by atoms with Crippen LogP contribution in [0.5, 0.6) is 0 Å². The minimum Gasteiger partial charge on any atom is -0.339 e. The summed E-state index contributed by atoms with van der Waals surface area (Å²) in [6.45, 7) is 1.93. The van der Waals surface area contributed by atoms with Crippen molar-refractivity contribution in [2.45, 2.75) is 17.7 Å². The largest absolute Gasteiger partial charge is 0.339 e. The van der Waals surface area contributed by atoms with E-state index in [1.54, 1.807) is 36.7 Å². The highest BCUT2D eigenvalue weighted by atomic mass is 32.2. The summed E-state index contributed by atoms with van der Waals surface area (Å²) < 4.78 is 32.1. The molecule has 9 nitrogen and oxygen atoms in total. The number of hydrogen-bond acceptors (Lipinski definition) is 7. The maximum Gasteiger partial charge on any atom is 0.243 e. The first-order valence-electron chi connectivity index (χ1n) is 8.55. The van der Waals surface area contributed by atoms with Crippen molar-refractivity contribution in [2.24, 2.45) is 0 Å². The zero-order valence-electron chi connectivity index (χ0n) is 14.9. The normalized spacial score (nSPS) is 15.2. The number of hydrogen-bond donors (Lipinski definition) is 1. The molecule has 0 bridgehead atoms. The number of amides is 1. The summed E-state index contributed by atoms with van der Waals surface area (Å²) in [5.74, 6) is 0.509. The van der Waals surface area contributed by atoms with Crippen LogP contribution in [0.2, 0.25) is 0 Å². The summed E-state index contributed by atoms with van der Waals surface area (Å²) in [4.78, 5) is 19.5.